The maximum absolute atomic E-state index is 12.8. The Hall–Kier alpha value is -4.45. The van der Waals surface area contributed by atoms with E-state index in [9.17, 15) is 9.90 Å². The number of H-pyrrole nitrogens is 1. The third-order valence-corrected chi connectivity index (χ3v) is 4.97. The molecule has 0 saturated carbocycles. The van der Waals surface area contributed by atoms with Crippen LogP contribution in [0.25, 0.3) is 39.7 Å². The van der Waals surface area contributed by atoms with Crippen molar-refractivity contribution < 1.29 is 5.11 Å². The van der Waals surface area contributed by atoms with Crippen LogP contribution in [-0.2, 0) is 0 Å². The monoisotopic (exact) mass is 406 g/mol. The number of aromatic hydroxyl groups is 1. The number of para-hydroxylation sites is 1. The molecule has 0 radical (unpaired) electrons. The maximum atomic E-state index is 12.8. The van der Waals surface area contributed by atoms with Gasteiger partial charge < -0.3 is 5.11 Å². The Bertz CT molecular complexity index is 1410. The van der Waals surface area contributed by atoms with E-state index in [1.54, 1.807) is 24.3 Å². The van der Waals surface area contributed by atoms with Gasteiger partial charge in [0.05, 0.1) is 17.1 Å². The minimum Gasteiger partial charge on any atom is -0.507 e. The number of hydrogen-bond donors (Lipinski definition) is 2. The molecule has 0 fully saturated rings. The van der Waals surface area contributed by atoms with Crippen molar-refractivity contribution in [3.63, 3.8) is 0 Å². The molecule has 31 heavy (non-hydrogen) atoms. The summed E-state index contributed by atoms with van der Waals surface area (Å²) < 4.78 is 1.32. The van der Waals surface area contributed by atoms with E-state index in [2.05, 4.69) is 15.1 Å². The van der Waals surface area contributed by atoms with Gasteiger partial charge in [0.15, 0.2) is 0 Å². The molecule has 0 aliphatic heterocycles. The molecule has 150 valence electrons. The van der Waals surface area contributed by atoms with Gasteiger partial charge in [-0.25, -0.2) is 9.97 Å². The predicted molar refractivity (Wildman–Crippen MR) is 120 cm³/mol. The number of nitrogens with zero attached hydrogens (tertiary/aromatic N) is 3. The summed E-state index contributed by atoms with van der Waals surface area (Å²) in [6, 6.07) is 29.5. The number of hydrogen-bond acceptors (Lipinski definition) is 4. The van der Waals surface area contributed by atoms with Crippen LogP contribution in [0.1, 0.15) is 0 Å². The van der Waals surface area contributed by atoms with E-state index in [0.717, 1.165) is 11.1 Å². The molecule has 0 spiro atoms. The van der Waals surface area contributed by atoms with Gasteiger partial charge in [-0.2, -0.15) is 4.68 Å². The average Bonchev–Trinajstić information content (AvgIpc) is 3.22. The molecule has 0 bridgehead atoms. The molecule has 5 rings (SSSR count). The second-order valence-electron chi connectivity index (χ2n) is 7.03. The van der Waals surface area contributed by atoms with Crippen LogP contribution in [0.3, 0.4) is 0 Å². The molecule has 6 nitrogen and oxygen atoms in total. The van der Waals surface area contributed by atoms with Crippen LogP contribution in [0.4, 0.5) is 0 Å². The number of rotatable bonds is 4. The third kappa shape index (κ3) is 3.62. The Morgan fingerprint density at radius 2 is 1.32 bits per heavy atom. The average molecular weight is 406 g/mol. The van der Waals surface area contributed by atoms with Crippen LogP contribution < -0.4 is 5.56 Å². The van der Waals surface area contributed by atoms with Gasteiger partial charge in [-0.1, -0.05) is 72.8 Å². The summed E-state index contributed by atoms with van der Waals surface area (Å²) in [5.74, 6) is 0.307. The first-order valence-corrected chi connectivity index (χ1v) is 9.80. The summed E-state index contributed by atoms with van der Waals surface area (Å²) in [7, 11) is 0. The Morgan fingerprint density at radius 3 is 2.03 bits per heavy atom. The van der Waals surface area contributed by atoms with E-state index >= 15 is 0 Å². The van der Waals surface area contributed by atoms with Crippen molar-refractivity contribution in [1.82, 2.24) is 19.7 Å². The number of phenols is 1. The van der Waals surface area contributed by atoms with Crippen molar-refractivity contribution in [3.05, 3.63) is 107 Å². The highest BCUT2D eigenvalue weighted by atomic mass is 16.3. The summed E-state index contributed by atoms with van der Waals surface area (Å²) >= 11 is 0. The quantitative estimate of drug-likeness (QED) is 0.455. The Labute approximate surface area is 178 Å². The Kier molecular flexibility index (Phi) is 4.65. The number of phenolic OH excluding ortho intramolecular Hbond substituents is 1. The summed E-state index contributed by atoms with van der Waals surface area (Å²) in [6.07, 6.45) is 0. The number of aromatic nitrogens is 4. The molecule has 2 aromatic heterocycles. The topological polar surface area (TPSA) is 83.8 Å². The summed E-state index contributed by atoms with van der Waals surface area (Å²) in [4.78, 5) is 22.0. The van der Waals surface area contributed by atoms with E-state index in [4.69, 9.17) is 0 Å². The fraction of sp³-hybridized carbons (Fsp3) is 0. The van der Waals surface area contributed by atoms with Crippen LogP contribution in [-0.4, -0.2) is 24.9 Å². The molecule has 0 aliphatic rings. The lowest BCUT2D eigenvalue weighted by molar-refractivity contribution is 0.477. The second kappa shape index (κ2) is 7.76. The zero-order valence-electron chi connectivity index (χ0n) is 16.4. The van der Waals surface area contributed by atoms with Crippen molar-refractivity contribution in [3.8, 4) is 45.5 Å². The van der Waals surface area contributed by atoms with Crippen molar-refractivity contribution in [2.24, 2.45) is 0 Å². The van der Waals surface area contributed by atoms with Crippen molar-refractivity contribution >= 4 is 0 Å². The fourth-order valence-electron chi connectivity index (χ4n) is 3.43. The standard InChI is InChI=1S/C25H18N4O2/c30-23-14-8-7-13-19(23)22-15-20(17-9-3-1-4-10-17)26-25(27-22)29-24(31)16-21(28-29)18-11-5-2-6-12-18/h1-16,28,30H. The molecule has 0 unspecified atom stereocenters. The number of benzene rings is 3. The predicted octanol–water partition coefficient (Wildman–Crippen LogP) is 4.66. The highest BCUT2D eigenvalue weighted by Gasteiger charge is 2.15. The molecule has 5 aromatic rings. The largest absolute Gasteiger partial charge is 0.507 e. The second-order valence-corrected chi connectivity index (χ2v) is 7.03. The lowest BCUT2D eigenvalue weighted by atomic mass is 10.1. The van der Waals surface area contributed by atoms with Crippen LogP contribution in [0, 0.1) is 0 Å². The highest BCUT2D eigenvalue weighted by Crippen LogP contribution is 2.30. The number of nitrogens with one attached hydrogen (secondary N) is 1. The number of aromatic amines is 1. The zero-order chi connectivity index (χ0) is 21.2. The first-order valence-electron chi connectivity index (χ1n) is 9.80. The first-order chi connectivity index (χ1) is 15.2. The normalized spacial score (nSPS) is 10.8. The van der Waals surface area contributed by atoms with Gasteiger partial charge in [-0.15, -0.1) is 0 Å². The summed E-state index contributed by atoms with van der Waals surface area (Å²) in [5.41, 5.74) is 3.89. The molecule has 0 aliphatic carbocycles. The van der Waals surface area contributed by atoms with Crippen LogP contribution in [0.5, 0.6) is 5.75 Å². The van der Waals surface area contributed by atoms with Gasteiger partial charge in [0, 0.05) is 17.2 Å². The lowest BCUT2D eigenvalue weighted by Crippen LogP contribution is -2.17. The molecule has 6 heteroatoms. The van der Waals surface area contributed by atoms with Gasteiger partial charge in [0.2, 0.25) is 0 Å². The minimum absolute atomic E-state index is 0.106. The van der Waals surface area contributed by atoms with E-state index in [1.165, 1.54) is 10.7 Å². The van der Waals surface area contributed by atoms with E-state index in [0.29, 0.717) is 22.6 Å². The van der Waals surface area contributed by atoms with Gasteiger partial charge >= 0.3 is 0 Å². The van der Waals surface area contributed by atoms with Gasteiger partial charge in [0.25, 0.3) is 11.5 Å². The molecule has 0 amide bonds. The zero-order valence-corrected chi connectivity index (χ0v) is 16.4. The van der Waals surface area contributed by atoms with Crippen LogP contribution in [0.2, 0.25) is 0 Å². The molecule has 2 heterocycles. The fourth-order valence-corrected chi connectivity index (χ4v) is 3.43. The van der Waals surface area contributed by atoms with Crippen molar-refractivity contribution in [2.75, 3.05) is 0 Å². The Balaban J connectivity index is 1.71. The molecule has 0 saturated heterocycles. The third-order valence-electron chi connectivity index (χ3n) is 4.97. The lowest BCUT2D eigenvalue weighted by Gasteiger charge is -2.10. The minimum atomic E-state index is -0.271. The van der Waals surface area contributed by atoms with Crippen molar-refractivity contribution in [2.45, 2.75) is 0 Å². The maximum Gasteiger partial charge on any atom is 0.274 e. The highest BCUT2D eigenvalue weighted by molar-refractivity contribution is 5.72. The SMILES string of the molecule is O=c1cc(-c2ccccc2)[nH]n1-c1nc(-c2ccccc2)cc(-c2ccccc2O)n1. The van der Waals surface area contributed by atoms with Crippen molar-refractivity contribution in [1.29, 1.82) is 0 Å². The van der Waals surface area contributed by atoms with Gasteiger partial charge in [-0.3, -0.25) is 9.89 Å². The smallest absolute Gasteiger partial charge is 0.274 e. The Morgan fingerprint density at radius 1 is 0.710 bits per heavy atom. The molecular formula is C25H18N4O2. The molecule has 0 atom stereocenters. The van der Waals surface area contributed by atoms with Gasteiger partial charge in [0.1, 0.15) is 5.75 Å². The van der Waals surface area contributed by atoms with E-state index < -0.39 is 0 Å². The van der Waals surface area contributed by atoms with E-state index in [-0.39, 0.29) is 17.3 Å². The molecule has 2 N–H and O–H groups in total. The van der Waals surface area contributed by atoms with Crippen LogP contribution in [0.15, 0.2) is 102 Å². The van der Waals surface area contributed by atoms with E-state index in [1.807, 2.05) is 66.7 Å². The molecular weight excluding hydrogens is 388 g/mol. The summed E-state index contributed by atoms with van der Waals surface area (Å²) in [5, 5.41) is 13.5. The van der Waals surface area contributed by atoms with Gasteiger partial charge in [-0.05, 0) is 23.8 Å². The van der Waals surface area contributed by atoms with Crippen LogP contribution >= 0.6 is 0 Å². The molecule has 3 aromatic carbocycles. The summed E-state index contributed by atoms with van der Waals surface area (Å²) in [6.45, 7) is 0. The first kappa shape index (κ1) is 18.6.